The summed E-state index contributed by atoms with van der Waals surface area (Å²) in [5, 5.41) is 19.6. The summed E-state index contributed by atoms with van der Waals surface area (Å²) in [5.74, 6) is -0.900. The molecule has 1 aromatic heterocycles. The molecule has 2 rings (SSSR count). The Morgan fingerprint density at radius 3 is 2.39 bits per heavy atom. The Hall–Kier alpha value is -1.81. The molecule has 1 aromatic carbocycles. The summed E-state index contributed by atoms with van der Waals surface area (Å²) in [5.41, 5.74) is 3.45. The normalized spacial score (nSPS) is 12.3. The monoisotopic (exact) mass is 317 g/mol. The van der Waals surface area contributed by atoms with Crippen molar-refractivity contribution in [3.05, 3.63) is 35.0 Å². The molecule has 0 atom stereocenters. The third-order valence-corrected chi connectivity index (χ3v) is 4.22. The Morgan fingerprint density at radius 1 is 1.26 bits per heavy atom. The zero-order valence-electron chi connectivity index (χ0n) is 14.7. The van der Waals surface area contributed by atoms with Gasteiger partial charge in [0.1, 0.15) is 0 Å². The molecule has 0 radical (unpaired) electrons. The molecule has 0 saturated carbocycles. The molecule has 0 bridgehead atoms. The van der Waals surface area contributed by atoms with Crippen molar-refractivity contribution in [3.63, 3.8) is 0 Å². The predicted molar refractivity (Wildman–Crippen MR) is 93.4 cm³/mol. The number of hydrogen-bond donors (Lipinski definition) is 2. The Bertz CT molecular complexity index is 720. The van der Waals surface area contributed by atoms with Gasteiger partial charge in [0.25, 0.3) is 0 Å². The van der Waals surface area contributed by atoms with E-state index in [0.717, 1.165) is 28.5 Å². The number of aliphatic hydroxyl groups excluding tert-OH is 1. The molecule has 0 amide bonds. The summed E-state index contributed by atoms with van der Waals surface area (Å²) in [6, 6.07) is 3.87. The zero-order valence-corrected chi connectivity index (χ0v) is 14.7. The fourth-order valence-corrected chi connectivity index (χ4v) is 3.03. The maximum absolute atomic E-state index is 11.5. The van der Waals surface area contributed by atoms with E-state index < -0.39 is 5.97 Å². The molecule has 126 valence electrons. The van der Waals surface area contributed by atoms with Gasteiger partial charge in [-0.2, -0.15) is 0 Å². The second-order valence-electron chi connectivity index (χ2n) is 7.46. The molecule has 0 aliphatic heterocycles. The summed E-state index contributed by atoms with van der Waals surface area (Å²) < 4.78 is 2.23. The number of benzene rings is 1. The van der Waals surface area contributed by atoms with Gasteiger partial charge >= 0.3 is 5.97 Å². The van der Waals surface area contributed by atoms with Crippen molar-refractivity contribution in [3.8, 4) is 0 Å². The maximum Gasteiger partial charge on any atom is 0.335 e. The topological polar surface area (TPSA) is 62.5 Å². The molecule has 0 spiro atoms. The average Bonchev–Trinajstić information content (AvgIpc) is 2.81. The number of nitrogens with zero attached hydrogens (tertiary/aromatic N) is 1. The highest BCUT2D eigenvalue weighted by atomic mass is 16.4. The van der Waals surface area contributed by atoms with E-state index in [0.29, 0.717) is 12.0 Å². The summed E-state index contributed by atoms with van der Waals surface area (Å²) in [6.07, 6.45) is 3.55. The first-order chi connectivity index (χ1) is 10.7. The van der Waals surface area contributed by atoms with Crippen LogP contribution in [0.5, 0.6) is 0 Å². The standard InChI is InChI=1S/C19H27NO3/c1-12(2)20-11-13(7-6-8-21)15-9-14(18(22)23)10-16(17(15)20)19(3,4)5/h9-12,21H,6-8H2,1-5H3,(H,22,23). The Morgan fingerprint density at radius 2 is 1.91 bits per heavy atom. The molecule has 0 saturated heterocycles. The lowest BCUT2D eigenvalue weighted by Gasteiger charge is -2.23. The number of aliphatic hydroxyl groups is 1. The Kier molecular flexibility index (Phi) is 4.85. The predicted octanol–water partition coefficient (Wildman–Crippen LogP) is 4.14. The van der Waals surface area contributed by atoms with E-state index >= 15 is 0 Å². The number of fused-ring (bicyclic) bond motifs is 1. The molecule has 0 aliphatic carbocycles. The lowest BCUT2D eigenvalue weighted by Crippen LogP contribution is -2.15. The molecule has 1 heterocycles. The molecule has 2 aromatic rings. The van der Waals surface area contributed by atoms with Gasteiger partial charge in [-0.15, -0.1) is 0 Å². The number of aryl methyl sites for hydroxylation is 1. The maximum atomic E-state index is 11.5. The third-order valence-electron chi connectivity index (χ3n) is 4.22. The minimum absolute atomic E-state index is 0.138. The highest BCUT2D eigenvalue weighted by Crippen LogP contribution is 2.36. The van der Waals surface area contributed by atoms with Gasteiger partial charge in [0.05, 0.1) is 11.1 Å². The minimum atomic E-state index is -0.900. The van der Waals surface area contributed by atoms with Gasteiger partial charge in [-0.3, -0.25) is 0 Å². The van der Waals surface area contributed by atoms with Crippen molar-refractivity contribution >= 4 is 16.9 Å². The number of aromatic carboxylic acids is 1. The van der Waals surface area contributed by atoms with E-state index in [2.05, 4.69) is 45.4 Å². The van der Waals surface area contributed by atoms with Gasteiger partial charge in [0, 0.05) is 24.2 Å². The van der Waals surface area contributed by atoms with Crippen molar-refractivity contribution in [1.29, 1.82) is 0 Å². The van der Waals surface area contributed by atoms with Gasteiger partial charge in [0.2, 0.25) is 0 Å². The molecule has 23 heavy (non-hydrogen) atoms. The first-order valence-electron chi connectivity index (χ1n) is 8.19. The molecule has 2 N–H and O–H groups in total. The summed E-state index contributed by atoms with van der Waals surface area (Å²) in [6.45, 7) is 10.7. The zero-order chi connectivity index (χ0) is 17.4. The van der Waals surface area contributed by atoms with Crippen molar-refractivity contribution < 1.29 is 15.0 Å². The highest BCUT2D eigenvalue weighted by molar-refractivity contribution is 5.97. The van der Waals surface area contributed by atoms with Gasteiger partial charge in [-0.05, 0) is 55.4 Å². The quantitative estimate of drug-likeness (QED) is 0.871. The molecule has 4 heteroatoms. The Balaban J connectivity index is 2.85. The lowest BCUT2D eigenvalue weighted by molar-refractivity contribution is 0.0697. The number of carboxylic acid groups (broad SMARTS) is 1. The molecule has 4 nitrogen and oxygen atoms in total. The number of carbonyl (C=O) groups is 1. The molecular formula is C19H27NO3. The smallest absolute Gasteiger partial charge is 0.335 e. The second kappa shape index (κ2) is 6.36. The van der Waals surface area contributed by atoms with Crippen LogP contribution in [0.2, 0.25) is 0 Å². The van der Waals surface area contributed by atoms with Crippen LogP contribution < -0.4 is 0 Å². The van der Waals surface area contributed by atoms with Crippen LogP contribution in [0.1, 0.15) is 68.6 Å². The van der Waals surface area contributed by atoms with E-state index in [1.165, 1.54) is 0 Å². The lowest BCUT2D eigenvalue weighted by atomic mass is 9.84. The number of rotatable bonds is 5. The summed E-state index contributed by atoms with van der Waals surface area (Å²) >= 11 is 0. The molecule has 0 aliphatic rings. The van der Waals surface area contributed by atoms with E-state index in [4.69, 9.17) is 5.11 Å². The van der Waals surface area contributed by atoms with Crippen LogP contribution in [0.25, 0.3) is 10.9 Å². The first kappa shape index (κ1) is 17.5. The van der Waals surface area contributed by atoms with Crippen molar-refractivity contribution in [2.45, 2.75) is 58.9 Å². The third kappa shape index (κ3) is 3.42. The second-order valence-corrected chi connectivity index (χ2v) is 7.46. The first-order valence-corrected chi connectivity index (χ1v) is 8.19. The van der Waals surface area contributed by atoms with Crippen LogP contribution >= 0.6 is 0 Å². The summed E-state index contributed by atoms with van der Waals surface area (Å²) in [7, 11) is 0. The molecular weight excluding hydrogens is 290 g/mol. The van der Waals surface area contributed by atoms with Crippen LogP contribution in [0.4, 0.5) is 0 Å². The van der Waals surface area contributed by atoms with Gasteiger partial charge in [-0.25, -0.2) is 4.79 Å². The Labute approximate surface area is 137 Å². The van der Waals surface area contributed by atoms with E-state index in [9.17, 15) is 9.90 Å². The van der Waals surface area contributed by atoms with E-state index in [-0.39, 0.29) is 18.1 Å². The van der Waals surface area contributed by atoms with Crippen LogP contribution in [0.15, 0.2) is 18.3 Å². The SMILES string of the molecule is CC(C)n1cc(CCCO)c2cc(C(=O)O)cc(C(C)(C)C)c21. The van der Waals surface area contributed by atoms with Gasteiger partial charge in [0.15, 0.2) is 0 Å². The van der Waals surface area contributed by atoms with Crippen LogP contribution in [0.3, 0.4) is 0 Å². The molecule has 0 fully saturated rings. The van der Waals surface area contributed by atoms with Crippen molar-refractivity contribution in [1.82, 2.24) is 4.57 Å². The highest BCUT2D eigenvalue weighted by Gasteiger charge is 2.24. The summed E-state index contributed by atoms with van der Waals surface area (Å²) in [4.78, 5) is 11.5. The fourth-order valence-electron chi connectivity index (χ4n) is 3.03. The van der Waals surface area contributed by atoms with Crippen LogP contribution in [0, 0.1) is 0 Å². The number of hydrogen-bond acceptors (Lipinski definition) is 2. The van der Waals surface area contributed by atoms with Crippen molar-refractivity contribution in [2.75, 3.05) is 6.61 Å². The molecule has 0 unspecified atom stereocenters. The number of carboxylic acids is 1. The average molecular weight is 317 g/mol. The minimum Gasteiger partial charge on any atom is -0.478 e. The van der Waals surface area contributed by atoms with Crippen LogP contribution in [-0.2, 0) is 11.8 Å². The van der Waals surface area contributed by atoms with E-state index in [1.54, 1.807) is 12.1 Å². The number of aromatic nitrogens is 1. The fraction of sp³-hybridized carbons (Fsp3) is 0.526. The van der Waals surface area contributed by atoms with E-state index in [1.807, 2.05) is 0 Å². The van der Waals surface area contributed by atoms with Gasteiger partial charge < -0.3 is 14.8 Å². The van der Waals surface area contributed by atoms with Crippen LogP contribution in [-0.4, -0.2) is 27.4 Å². The van der Waals surface area contributed by atoms with Gasteiger partial charge in [-0.1, -0.05) is 20.8 Å². The van der Waals surface area contributed by atoms with Crippen molar-refractivity contribution in [2.24, 2.45) is 0 Å². The largest absolute Gasteiger partial charge is 0.478 e.